The summed E-state index contributed by atoms with van der Waals surface area (Å²) in [5.74, 6) is -3.31. The van der Waals surface area contributed by atoms with Crippen LogP contribution < -0.4 is 5.32 Å². The number of benzene rings is 2. The van der Waals surface area contributed by atoms with Crippen molar-refractivity contribution in [2.45, 2.75) is 38.0 Å². The first-order valence-corrected chi connectivity index (χ1v) is 9.41. The van der Waals surface area contributed by atoms with Crippen LogP contribution in [0.5, 0.6) is 0 Å². The summed E-state index contributed by atoms with van der Waals surface area (Å²) in [6.07, 6.45) is -1.48. The van der Waals surface area contributed by atoms with Crippen molar-refractivity contribution in [2.24, 2.45) is 5.92 Å². The molecule has 152 valence electrons. The van der Waals surface area contributed by atoms with Gasteiger partial charge in [-0.05, 0) is 29.5 Å². The van der Waals surface area contributed by atoms with Gasteiger partial charge >= 0.3 is 11.9 Å². The Hall–Kier alpha value is -3.19. The van der Waals surface area contributed by atoms with Gasteiger partial charge in [-0.2, -0.15) is 0 Å². The SMILES string of the molecule is C[C@H](C[C@@H](Cc1ccc(-c2ccccc2)cc1)NC(=O)C1O[C@H]1C(=O)O)C(=O)O. The predicted molar refractivity (Wildman–Crippen MR) is 105 cm³/mol. The van der Waals surface area contributed by atoms with Crippen LogP contribution in [-0.2, 0) is 25.5 Å². The molecule has 1 fully saturated rings. The summed E-state index contributed by atoms with van der Waals surface area (Å²) in [4.78, 5) is 34.4. The smallest absolute Gasteiger partial charge is 0.336 e. The fourth-order valence-electron chi connectivity index (χ4n) is 3.25. The van der Waals surface area contributed by atoms with Gasteiger partial charge in [0.05, 0.1) is 5.92 Å². The van der Waals surface area contributed by atoms with E-state index in [2.05, 4.69) is 5.32 Å². The van der Waals surface area contributed by atoms with Gasteiger partial charge in [-0.3, -0.25) is 9.59 Å². The molecule has 1 aliphatic heterocycles. The molecule has 0 radical (unpaired) electrons. The molecule has 4 atom stereocenters. The van der Waals surface area contributed by atoms with Crippen LogP contribution in [0.25, 0.3) is 11.1 Å². The number of amides is 1. The minimum absolute atomic E-state index is 0.228. The Kier molecular flexibility index (Phi) is 6.29. The number of nitrogens with one attached hydrogen (secondary N) is 1. The lowest BCUT2D eigenvalue weighted by Crippen LogP contribution is -2.41. The largest absolute Gasteiger partial charge is 0.481 e. The maximum Gasteiger partial charge on any atom is 0.336 e. The molecular weight excluding hydrogens is 374 g/mol. The lowest BCUT2D eigenvalue weighted by Gasteiger charge is -2.20. The fourth-order valence-corrected chi connectivity index (χ4v) is 3.25. The lowest BCUT2D eigenvalue weighted by molar-refractivity contribution is -0.142. The van der Waals surface area contributed by atoms with E-state index in [1.54, 1.807) is 6.92 Å². The van der Waals surface area contributed by atoms with Crippen molar-refractivity contribution in [2.75, 3.05) is 0 Å². The Balaban J connectivity index is 1.68. The van der Waals surface area contributed by atoms with Gasteiger partial charge in [-0.25, -0.2) is 4.79 Å². The molecule has 2 aromatic carbocycles. The maximum atomic E-state index is 12.3. The van der Waals surface area contributed by atoms with Crippen molar-refractivity contribution in [3.63, 3.8) is 0 Å². The fraction of sp³-hybridized carbons (Fsp3) is 0.318. The number of epoxide rings is 1. The molecule has 1 aliphatic rings. The first-order valence-electron chi connectivity index (χ1n) is 9.41. The highest BCUT2D eigenvalue weighted by Gasteiger charge is 2.51. The van der Waals surface area contributed by atoms with E-state index in [-0.39, 0.29) is 6.42 Å². The van der Waals surface area contributed by atoms with Crippen molar-refractivity contribution in [1.29, 1.82) is 0 Å². The highest BCUT2D eigenvalue weighted by molar-refractivity contribution is 5.92. The number of carboxylic acids is 2. The van der Waals surface area contributed by atoms with Crippen LogP contribution >= 0.6 is 0 Å². The molecule has 0 bridgehead atoms. The van der Waals surface area contributed by atoms with Gasteiger partial charge in [0.15, 0.2) is 12.2 Å². The third-order valence-corrected chi connectivity index (χ3v) is 4.94. The molecule has 0 saturated carbocycles. The third kappa shape index (κ3) is 5.42. The normalized spacial score (nSPS) is 19.8. The van der Waals surface area contributed by atoms with Crippen LogP contribution in [0, 0.1) is 5.92 Å². The van der Waals surface area contributed by atoms with Gasteiger partial charge in [0.1, 0.15) is 0 Å². The van der Waals surface area contributed by atoms with Crippen molar-refractivity contribution >= 4 is 17.8 Å². The number of carboxylic acid groups (broad SMARTS) is 2. The van der Waals surface area contributed by atoms with Gasteiger partial charge < -0.3 is 20.3 Å². The molecule has 0 spiro atoms. The van der Waals surface area contributed by atoms with E-state index in [0.717, 1.165) is 16.7 Å². The number of rotatable bonds is 9. The summed E-state index contributed by atoms with van der Waals surface area (Å²) >= 11 is 0. The summed E-state index contributed by atoms with van der Waals surface area (Å²) in [6.45, 7) is 1.58. The minimum atomic E-state index is -1.18. The number of carbonyl (C=O) groups is 3. The quantitative estimate of drug-likeness (QED) is 0.559. The zero-order valence-corrected chi connectivity index (χ0v) is 15.9. The molecule has 1 saturated heterocycles. The molecule has 0 aromatic heterocycles. The summed E-state index contributed by atoms with van der Waals surface area (Å²) in [5.41, 5.74) is 3.09. The molecule has 1 amide bonds. The second kappa shape index (κ2) is 8.87. The minimum Gasteiger partial charge on any atom is -0.481 e. The molecule has 3 N–H and O–H groups in total. The second-order valence-electron chi connectivity index (χ2n) is 7.26. The van der Waals surface area contributed by atoms with Crippen LogP contribution in [0.4, 0.5) is 0 Å². The van der Waals surface area contributed by atoms with Crippen LogP contribution in [0.3, 0.4) is 0 Å². The molecule has 0 aliphatic carbocycles. The highest BCUT2D eigenvalue weighted by atomic mass is 16.6. The summed E-state index contributed by atoms with van der Waals surface area (Å²) in [5, 5.41) is 20.9. The summed E-state index contributed by atoms with van der Waals surface area (Å²) in [6, 6.07) is 17.3. The van der Waals surface area contributed by atoms with Crippen molar-refractivity contribution in [3.8, 4) is 11.1 Å². The van der Waals surface area contributed by atoms with E-state index in [1.165, 1.54) is 0 Å². The highest BCUT2D eigenvalue weighted by Crippen LogP contribution is 2.24. The van der Waals surface area contributed by atoms with Gasteiger partial charge in [0, 0.05) is 6.04 Å². The van der Waals surface area contributed by atoms with E-state index < -0.39 is 42.0 Å². The van der Waals surface area contributed by atoms with Crippen LogP contribution in [-0.4, -0.2) is 46.3 Å². The molecule has 1 heterocycles. The van der Waals surface area contributed by atoms with Gasteiger partial charge in [0.25, 0.3) is 5.91 Å². The van der Waals surface area contributed by atoms with Crippen molar-refractivity contribution < 1.29 is 29.3 Å². The molecule has 2 aromatic rings. The third-order valence-electron chi connectivity index (χ3n) is 4.94. The molecule has 3 rings (SSSR count). The van der Waals surface area contributed by atoms with E-state index in [0.29, 0.717) is 6.42 Å². The maximum absolute atomic E-state index is 12.3. The van der Waals surface area contributed by atoms with Crippen molar-refractivity contribution in [1.82, 2.24) is 5.32 Å². The Morgan fingerprint density at radius 3 is 2.14 bits per heavy atom. The topological polar surface area (TPSA) is 116 Å². The zero-order chi connectivity index (χ0) is 21.0. The Labute approximate surface area is 168 Å². The van der Waals surface area contributed by atoms with Crippen molar-refractivity contribution in [3.05, 3.63) is 60.2 Å². The van der Waals surface area contributed by atoms with Gasteiger partial charge in [-0.15, -0.1) is 0 Å². The molecular formula is C22H23NO6. The Morgan fingerprint density at radius 1 is 0.966 bits per heavy atom. The molecule has 1 unspecified atom stereocenters. The first-order chi connectivity index (χ1) is 13.8. The Bertz CT molecular complexity index is 880. The summed E-state index contributed by atoms with van der Waals surface area (Å²) < 4.78 is 4.88. The van der Waals surface area contributed by atoms with E-state index in [1.807, 2.05) is 54.6 Å². The van der Waals surface area contributed by atoms with E-state index in [4.69, 9.17) is 9.84 Å². The van der Waals surface area contributed by atoms with E-state index in [9.17, 15) is 19.5 Å². The van der Waals surface area contributed by atoms with E-state index >= 15 is 0 Å². The van der Waals surface area contributed by atoms with Crippen LogP contribution in [0.2, 0.25) is 0 Å². The average Bonchev–Trinajstić information content (AvgIpc) is 3.50. The standard InChI is InChI=1S/C22H23NO6/c1-13(21(25)26)11-17(23-20(24)18-19(29-18)22(27)28)12-14-7-9-16(10-8-14)15-5-3-2-4-6-15/h2-10,13,17-19H,11-12H2,1H3,(H,23,24)(H,25,26)(H,27,28)/t13-,17+,18?,19-/m1/s1. The molecule has 7 nitrogen and oxygen atoms in total. The van der Waals surface area contributed by atoms with Crippen LogP contribution in [0.1, 0.15) is 18.9 Å². The molecule has 7 heteroatoms. The van der Waals surface area contributed by atoms with Gasteiger partial charge in [-0.1, -0.05) is 61.5 Å². The first kappa shape index (κ1) is 20.5. The number of hydrogen-bond donors (Lipinski definition) is 3. The number of hydrogen-bond acceptors (Lipinski definition) is 4. The monoisotopic (exact) mass is 397 g/mol. The lowest BCUT2D eigenvalue weighted by atomic mass is 9.94. The second-order valence-corrected chi connectivity index (χ2v) is 7.26. The zero-order valence-electron chi connectivity index (χ0n) is 15.9. The summed E-state index contributed by atoms with van der Waals surface area (Å²) in [7, 11) is 0. The number of aliphatic carboxylic acids is 2. The number of carbonyl (C=O) groups excluding carboxylic acids is 1. The van der Waals surface area contributed by atoms with Crippen LogP contribution in [0.15, 0.2) is 54.6 Å². The molecule has 29 heavy (non-hydrogen) atoms. The number of ether oxygens (including phenoxy) is 1. The van der Waals surface area contributed by atoms with Gasteiger partial charge in [0.2, 0.25) is 0 Å². The average molecular weight is 397 g/mol. The Morgan fingerprint density at radius 2 is 1.59 bits per heavy atom. The predicted octanol–water partition coefficient (Wildman–Crippen LogP) is 2.34.